The first-order chi connectivity index (χ1) is 9.81. The first-order valence-corrected chi connectivity index (χ1v) is 10.8. The highest BCUT2D eigenvalue weighted by molar-refractivity contribution is 6.76. The fraction of sp³-hybridized carbons (Fsp3) is 0.692. The van der Waals surface area contributed by atoms with Gasteiger partial charge in [-0.25, -0.2) is 4.79 Å². The van der Waals surface area contributed by atoms with Crippen molar-refractivity contribution in [1.82, 2.24) is 15.1 Å². The van der Waals surface area contributed by atoms with Gasteiger partial charge in [0.1, 0.15) is 5.69 Å². The summed E-state index contributed by atoms with van der Waals surface area (Å²) in [6.07, 6.45) is 2.10. The van der Waals surface area contributed by atoms with Crippen LogP contribution < -0.4 is 15.8 Å². The van der Waals surface area contributed by atoms with Gasteiger partial charge >= 0.3 is 6.09 Å². The Balaban J connectivity index is 2.14. The molecule has 0 radical (unpaired) electrons. The molecule has 21 heavy (non-hydrogen) atoms. The Kier molecular flexibility index (Phi) is 6.54. The Bertz CT molecular complexity index is 457. The summed E-state index contributed by atoms with van der Waals surface area (Å²) >= 11 is 0. The minimum Gasteiger partial charge on any atom is -0.478 e. The number of carbonyl (C=O) groups excluding carboxylic acids is 1. The van der Waals surface area contributed by atoms with Gasteiger partial charge in [-0.1, -0.05) is 19.6 Å². The van der Waals surface area contributed by atoms with Crippen LogP contribution in [0.5, 0.6) is 5.88 Å². The molecule has 1 aromatic rings. The number of hydrogen-bond acceptors (Lipinski definition) is 5. The number of aromatic nitrogens is 2. The second-order valence-corrected chi connectivity index (χ2v) is 11.7. The molecule has 0 aromatic carbocycles. The molecule has 0 aliphatic heterocycles. The number of methoxy groups -OCH3 is 1. The van der Waals surface area contributed by atoms with Crippen LogP contribution in [0, 0.1) is 0 Å². The second-order valence-electron chi connectivity index (χ2n) is 6.08. The van der Waals surface area contributed by atoms with Crippen molar-refractivity contribution < 1.29 is 14.3 Å². The maximum absolute atomic E-state index is 11.5. The Morgan fingerprint density at radius 2 is 2.19 bits per heavy atom. The van der Waals surface area contributed by atoms with Crippen LogP contribution in [0.2, 0.25) is 25.7 Å². The maximum Gasteiger partial charge on any atom is 0.407 e. The molecule has 8 heteroatoms. The van der Waals surface area contributed by atoms with Crippen LogP contribution >= 0.6 is 0 Å². The molecule has 0 aliphatic carbocycles. The van der Waals surface area contributed by atoms with Crippen molar-refractivity contribution in [1.29, 1.82) is 0 Å². The van der Waals surface area contributed by atoms with Crippen LogP contribution in [0.1, 0.15) is 6.42 Å². The summed E-state index contributed by atoms with van der Waals surface area (Å²) in [7, 11) is 0.375. The SMILES string of the molecule is COc1nn(CCCNC(=O)OCC[Si](C)(C)C)cc1N. The summed E-state index contributed by atoms with van der Waals surface area (Å²) in [4.78, 5) is 11.5. The Labute approximate surface area is 126 Å². The lowest BCUT2D eigenvalue weighted by molar-refractivity contribution is 0.151. The minimum atomic E-state index is -1.15. The monoisotopic (exact) mass is 314 g/mol. The predicted octanol–water partition coefficient (Wildman–Crippen LogP) is 1.93. The van der Waals surface area contributed by atoms with E-state index in [2.05, 4.69) is 30.1 Å². The van der Waals surface area contributed by atoms with E-state index in [9.17, 15) is 4.79 Å². The maximum atomic E-state index is 11.5. The quantitative estimate of drug-likeness (QED) is 0.565. The molecule has 0 unspecified atom stereocenters. The zero-order valence-corrected chi connectivity index (χ0v) is 14.3. The van der Waals surface area contributed by atoms with Gasteiger partial charge in [0.25, 0.3) is 5.88 Å². The lowest BCUT2D eigenvalue weighted by Gasteiger charge is -2.15. The first kappa shape index (κ1) is 17.3. The van der Waals surface area contributed by atoms with Gasteiger partial charge in [0.15, 0.2) is 0 Å². The van der Waals surface area contributed by atoms with Crippen molar-refractivity contribution >= 4 is 19.9 Å². The highest BCUT2D eigenvalue weighted by atomic mass is 28.3. The van der Waals surface area contributed by atoms with Crippen molar-refractivity contribution in [2.24, 2.45) is 0 Å². The smallest absolute Gasteiger partial charge is 0.407 e. The third kappa shape index (κ3) is 7.03. The number of nitrogen functional groups attached to an aromatic ring is 1. The molecule has 0 spiro atoms. The molecule has 1 heterocycles. The van der Waals surface area contributed by atoms with Gasteiger partial charge in [0.05, 0.1) is 19.9 Å². The van der Waals surface area contributed by atoms with E-state index in [1.807, 2.05) is 0 Å². The number of anilines is 1. The normalized spacial score (nSPS) is 11.2. The summed E-state index contributed by atoms with van der Waals surface area (Å²) < 4.78 is 11.8. The Hall–Kier alpha value is -1.70. The fourth-order valence-corrected chi connectivity index (χ4v) is 2.34. The van der Waals surface area contributed by atoms with Gasteiger partial charge < -0.3 is 20.5 Å². The molecule has 120 valence electrons. The van der Waals surface area contributed by atoms with E-state index < -0.39 is 8.07 Å². The lowest BCUT2D eigenvalue weighted by atomic mass is 10.4. The molecule has 0 atom stereocenters. The average Bonchev–Trinajstić information content (AvgIpc) is 2.73. The summed E-state index contributed by atoms with van der Waals surface area (Å²) in [6.45, 7) is 8.43. The number of aryl methyl sites for hydroxylation is 1. The second kappa shape index (κ2) is 7.92. The van der Waals surface area contributed by atoms with Crippen molar-refractivity contribution in [3.63, 3.8) is 0 Å². The fourth-order valence-electron chi connectivity index (χ4n) is 1.62. The van der Waals surface area contributed by atoms with E-state index >= 15 is 0 Å². The van der Waals surface area contributed by atoms with E-state index in [-0.39, 0.29) is 6.09 Å². The molecular formula is C13H26N4O3Si. The summed E-state index contributed by atoms with van der Waals surface area (Å²) in [5.41, 5.74) is 6.21. The van der Waals surface area contributed by atoms with Gasteiger partial charge in [0.2, 0.25) is 0 Å². The number of amides is 1. The zero-order valence-electron chi connectivity index (χ0n) is 13.3. The number of rotatable bonds is 8. The van der Waals surface area contributed by atoms with Crippen molar-refractivity contribution in [2.45, 2.75) is 38.7 Å². The summed E-state index contributed by atoms with van der Waals surface area (Å²) in [5.74, 6) is 0.425. The van der Waals surface area contributed by atoms with Gasteiger partial charge in [-0.15, -0.1) is 5.10 Å². The minimum absolute atomic E-state index is 0.356. The van der Waals surface area contributed by atoms with Gasteiger partial charge in [-0.05, 0) is 12.5 Å². The van der Waals surface area contributed by atoms with Gasteiger partial charge in [-0.3, -0.25) is 4.68 Å². The molecule has 1 amide bonds. The molecule has 0 fully saturated rings. The third-order valence-corrected chi connectivity index (χ3v) is 4.57. The van der Waals surface area contributed by atoms with E-state index in [0.717, 1.165) is 12.5 Å². The zero-order chi connectivity index (χ0) is 15.9. The van der Waals surface area contributed by atoms with Crippen LogP contribution in [-0.2, 0) is 11.3 Å². The van der Waals surface area contributed by atoms with Gasteiger partial charge in [-0.2, -0.15) is 0 Å². The van der Waals surface area contributed by atoms with Crippen LogP contribution in [-0.4, -0.2) is 44.2 Å². The average molecular weight is 314 g/mol. The molecule has 0 aliphatic rings. The number of carbonyl (C=O) groups is 1. The number of ether oxygens (including phenoxy) is 2. The van der Waals surface area contributed by atoms with Crippen LogP contribution in [0.15, 0.2) is 6.20 Å². The van der Waals surface area contributed by atoms with Crippen LogP contribution in [0.4, 0.5) is 10.5 Å². The Morgan fingerprint density at radius 3 is 2.76 bits per heavy atom. The number of nitrogens with two attached hydrogens (primary N) is 1. The number of hydrogen-bond donors (Lipinski definition) is 2. The lowest BCUT2D eigenvalue weighted by Crippen LogP contribution is -2.29. The van der Waals surface area contributed by atoms with Crippen molar-refractivity contribution in [2.75, 3.05) is 26.0 Å². The molecule has 1 aromatic heterocycles. The molecule has 0 saturated heterocycles. The molecule has 1 rings (SSSR count). The third-order valence-electron chi connectivity index (χ3n) is 2.87. The largest absolute Gasteiger partial charge is 0.478 e. The standard InChI is InChI=1S/C13H26N4O3Si/c1-19-12-11(14)10-17(16-12)7-5-6-15-13(18)20-8-9-21(2,3)4/h10H,5-9,14H2,1-4H3,(H,15,18). The van der Waals surface area contributed by atoms with Crippen LogP contribution in [0.3, 0.4) is 0 Å². The Morgan fingerprint density at radius 1 is 1.48 bits per heavy atom. The summed E-state index contributed by atoms with van der Waals surface area (Å²) in [6, 6.07) is 0.979. The number of nitrogens with zero attached hydrogens (tertiary/aromatic N) is 2. The van der Waals surface area contributed by atoms with Gasteiger partial charge in [0, 0.05) is 21.2 Å². The molecule has 0 saturated carbocycles. The highest BCUT2D eigenvalue weighted by Gasteiger charge is 2.13. The molecule has 7 nitrogen and oxygen atoms in total. The van der Waals surface area contributed by atoms with E-state index in [1.54, 1.807) is 10.9 Å². The van der Waals surface area contributed by atoms with Crippen molar-refractivity contribution in [3.05, 3.63) is 6.20 Å². The van der Waals surface area contributed by atoms with Crippen molar-refractivity contribution in [3.8, 4) is 5.88 Å². The molecule has 0 bridgehead atoms. The summed E-state index contributed by atoms with van der Waals surface area (Å²) in [5, 5.41) is 6.88. The number of nitrogens with one attached hydrogen (secondary N) is 1. The number of alkyl carbamates (subject to hydrolysis) is 1. The predicted molar refractivity (Wildman–Crippen MR) is 85.3 cm³/mol. The first-order valence-electron chi connectivity index (χ1n) is 7.09. The molecule has 3 N–H and O–H groups in total. The topological polar surface area (TPSA) is 91.4 Å². The van der Waals surface area contributed by atoms with E-state index in [4.69, 9.17) is 15.2 Å². The van der Waals surface area contributed by atoms with Crippen LogP contribution in [0.25, 0.3) is 0 Å². The van der Waals surface area contributed by atoms with E-state index in [0.29, 0.717) is 31.3 Å². The highest BCUT2D eigenvalue weighted by Crippen LogP contribution is 2.16. The molecular weight excluding hydrogens is 288 g/mol. The van der Waals surface area contributed by atoms with E-state index in [1.165, 1.54) is 7.11 Å².